The van der Waals surface area contributed by atoms with Crippen molar-refractivity contribution in [3.05, 3.63) is 28.5 Å². The smallest absolute Gasteiger partial charge is 0.306 e. The molecule has 0 bridgehead atoms. The van der Waals surface area contributed by atoms with Crippen LogP contribution in [0.4, 0.5) is 10.1 Å². The van der Waals surface area contributed by atoms with Crippen LogP contribution < -0.4 is 4.90 Å². The molecule has 1 aromatic rings. The molecule has 1 aliphatic carbocycles. The maximum Gasteiger partial charge on any atom is 0.306 e. The van der Waals surface area contributed by atoms with E-state index in [1.165, 1.54) is 6.07 Å². The number of halogens is 2. The number of hydrogen-bond donors (Lipinski definition) is 1. The Morgan fingerprint density at radius 3 is 2.94 bits per heavy atom. The summed E-state index contributed by atoms with van der Waals surface area (Å²) in [5.74, 6) is -1.16. The first kappa shape index (κ1) is 12.4. The molecule has 0 amide bonds. The first-order valence-electron chi connectivity index (χ1n) is 5.38. The zero-order chi connectivity index (χ0) is 12.6. The van der Waals surface area contributed by atoms with Gasteiger partial charge in [-0.2, -0.15) is 0 Å². The largest absolute Gasteiger partial charge is 0.481 e. The van der Waals surface area contributed by atoms with Gasteiger partial charge in [0.25, 0.3) is 0 Å². The lowest BCUT2D eigenvalue weighted by molar-refractivity contribution is -0.138. The summed E-state index contributed by atoms with van der Waals surface area (Å²) < 4.78 is 14.4. The van der Waals surface area contributed by atoms with E-state index in [9.17, 15) is 9.18 Å². The van der Waals surface area contributed by atoms with Gasteiger partial charge in [0, 0.05) is 18.1 Å². The van der Waals surface area contributed by atoms with E-state index in [1.807, 2.05) is 0 Å². The lowest BCUT2D eigenvalue weighted by Crippen LogP contribution is -2.22. The minimum Gasteiger partial charge on any atom is -0.481 e. The Hall–Kier alpha value is -1.10. The second kappa shape index (κ2) is 4.64. The maximum atomic E-state index is 13.6. The van der Waals surface area contributed by atoms with Crippen molar-refractivity contribution in [2.24, 2.45) is 11.8 Å². The highest BCUT2D eigenvalue weighted by molar-refractivity contribution is 9.10. The Balaban J connectivity index is 2.03. The van der Waals surface area contributed by atoms with E-state index in [4.69, 9.17) is 5.11 Å². The van der Waals surface area contributed by atoms with Crippen molar-refractivity contribution in [3.63, 3.8) is 0 Å². The van der Waals surface area contributed by atoms with Gasteiger partial charge < -0.3 is 10.0 Å². The fourth-order valence-electron chi connectivity index (χ4n) is 1.98. The van der Waals surface area contributed by atoms with Crippen molar-refractivity contribution in [2.75, 3.05) is 18.5 Å². The number of rotatable bonds is 4. The van der Waals surface area contributed by atoms with Gasteiger partial charge in [0.05, 0.1) is 11.6 Å². The first-order chi connectivity index (χ1) is 7.99. The van der Waals surface area contributed by atoms with Gasteiger partial charge in [-0.1, -0.05) is 15.9 Å². The van der Waals surface area contributed by atoms with Gasteiger partial charge in [-0.05, 0) is 30.5 Å². The summed E-state index contributed by atoms with van der Waals surface area (Å²) in [6.45, 7) is 0.574. The molecule has 0 aromatic heterocycles. The molecule has 1 aliphatic rings. The predicted molar refractivity (Wildman–Crippen MR) is 66.6 cm³/mol. The number of nitrogens with zero attached hydrogens (tertiary/aromatic N) is 1. The zero-order valence-electron chi connectivity index (χ0n) is 9.36. The molecule has 0 aliphatic heterocycles. The quantitative estimate of drug-likeness (QED) is 0.929. The third kappa shape index (κ3) is 2.77. The average molecular weight is 302 g/mol. The van der Waals surface area contributed by atoms with Gasteiger partial charge in [-0.25, -0.2) is 4.39 Å². The fourth-order valence-corrected chi connectivity index (χ4v) is 2.33. The Kier molecular flexibility index (Phi) is 3.38. The molecule has 3 nitrogen and oxygen atoms in total. The highest BCUT2D eigenvalue weighted by atomic mass is 79.9. The molecule has 1 fully saturated rings. The van der Waals surface area contributed by atoms with Crippen molar-refractivity contribution in [1.82, 2.24) is 0 Å². The summed E-state index contributed by atoms with van der Waals surface area (Å²) in [6.07, 6.45) is 0.690. The number of aliphatic carboxylic acids is 1. The predicted octanol–water partition coefficient (Wildman–Crippen LogP) is 2.75. The van der Waals surface area contributed by atoms with Crippen LogP contribution in [-0.4, -0.2) is 24.7 Å². The number of hydrogen-bond acceptors (Lipinski definition) is 2. The minimum atomic E-state index is -0.752. The monoisotopic (exact) mass is 301 g/mol. The maximum absolute atomic E-state index is 13.6. The van der Waals surface area contributed by atoms with E-state index < -0.39 is 5.97 Å². The molecule has 2 rings (SSSR count). The summed E-state index contributed by atoms with van der Waals surface area (Å²) in [5, 5.41) is 8.81. The summed E-state index contributed by atoms with van der Waals surface area (Å²) in [5.41, 5.74) is 0.496. The van der Waals surface area contributed by atoms with Crippen LogP contribution in [0.3, 0.4) is 0 Å². The summed E-state index contributed by atoms with van der Waals surface area (Å²) in [6, 6.07) is 4.74. The molecular weight excluding hydrogens is 289 g/mol. The highest BCUT2D eigenvalue weighted by Crippen LogP contribution is 2.40. The molecule has 92 valence electrons. The van der Waals surface area contributed by atoms with E-state index >= 15 is 0 Å². The van der Waals surface area contributed by atoms with E-state index in [0.29, 0.717) is 18.7 Å². The zero-order valence-corrected chi connectivity index (χ0v) is 10.9. The molecule has 1 N–H and O–H groups in total. The lowest BCUT2D eigenvalue weighted by Gasteiger charge is -2.20. The van der Waals surface area contributed by atoms with E-state index in [2.05, 4.69) is 15.9 Å². The average Bonchev–Trinajstić information content (AvgIpc) is 3.01. The SMILES string of the molecule is CN(CC1CC1C(=O)O)c1cc(Br)ccc1F. The van der Waals surface area contributed by atoms with Crippen molar-refractivity contribution in [3.8, 4) is 0 Å². The molecule has 2 atom stereocenters. The third-order valence-electron chi connectivity index (χ3n) is 3.07. The number of carboxylic acids is 1. The van der Waals surface area contributed by atoms with Crippen LogP contribution in [0.25, 0.3) is 0 Å². The van der Waals surface area contributed by atoms with Crippen LogP contribution in [0.1, 0.15) is 6.42 Å². The molecule has 0 saturated heterocycles. The third-order valence-corrected chi connectivity index (χ3v) is 3.56. The van der Waals surface area contributed by atoms with Crippen molar-refractivity contribution >= 4 is 27.6 Å². The molecule has 2 unspecified atom stereocenters. The molecule has 0 radical (unpaired) electrons. The van der Waals surface area contributed by atoms with Crippen LogP contribution >= 0.6 is 15.9 Å². The van der Waals surface area contributed by atoms with E-state index in [0.717, 1.165) is 4.47 Å². The van der Waals surface area contributed by atoms with Crippen LogP contribution in [0.2, 0.25) is 0 Å². The van der Waals surface area contributed by atoms with Crippen LogP contribution in [0, 0.1) is 17.7 Å². The van der Waals surface area contributed by atoms with Crippen molar-refractivity contribution < 1.29 is 14.3 Å². The van der Waals surface area contributed by atoms with E-state index in [-0.39, 0.29) is 17.7 Å². The van der Waals surface area contributed by atoms with Crippen LogP contribution in [0.15, 0.2) is 22.7 Å². The van der Waals surface area contributed by atoms with Crippen molar-refractivity contribution in [1.29, 1.82) is 0 Å². The Labute approximate surface area is 107 Å². The first-order valence-corrected chi connectivity index (χ1v) is 6.17. The van der Waals surface area contributed by atoms with Gasteiger partial charge >= 0.3 is 5.97 Å². The highest BCUT2D eigenvalue weighted by Gasteiger charge is 2.43. The Bertz CT molecular complexity index is 452. The topological polar surface area (TPSA) is 40.5 Å². The molecular formula is C12H13BrFNO2. The molecule has 17 heavy (non-hydrogen) atoms. The second-order valence-electron chi connectivity index (χ2n) is 4.42. The number of benzene rings is 1. The van der Waals surface area contributed by atoms with Crippen LogP contribution in [-0.2, 0) is 4.79 Å². The normalized spacial score (nSPS) is 22.3. The molecule has 5 heteroatoms. The van der Waals surface area contributed by atoms with Gasteiger partial charge in [0.1, 0.15) is 5.82 Å². The minimum absolute atomic E-state index is 0.135. The molecule has 1 aromatic carbocycles. The number of carbonyl (C=O) groups is 1. The van der Waals surface area contributed by atoms with Crippen molar-refractivity contribution in [2.45, 2.75) is 6.42 Å². The summed E-state index contributed by atoms with van der Waals surface area (Å²) in [4.78, 5) is 12.5. The number of anilines is 1. The van der Waals surface area contributed by atoms with E-state index in [1.54, 1.807) is 24.1 Å². The molecule has 1 saturated carbocycles. The Morgan fingerprint density at radius 2 is 2.35 bits per heavy atom. The van der Waals surface area contributed by atoms with Gasteiger partial charge in [-0.15, -0.1) is 0 Å². The molecule has 0 spiro atoms. The number of carboxylic acid groups (broad SMARTS) is 1. The van der Waals surface area contributed by atoms with Gasteiger partial charge in [0.15, 0.2) is 0 Å². The van der Waals surface area contributed by atoms with Crippen LogP contribution in [0.5, 0.6) is 0 Å². The van der Waals surface area contributed by atoms with Gasteiger partial charge in [-0.3, -0.25) is 4.79 Å². The summed E-state index contributed by atoms with van der Waals surface area (Å²) >= 11 is 3.29. The standard InChI is InChI=1S/C12H13BrFNO2/c1-15(6-7-4-9(7)12(16)17)11-5-8(13)2-3-10(11)14/h2-3,5,7,9H,4,6H2,1H3,(H,16,17). The lowest BCUT2D eigenvalue weighted by atomic mass is 10.2. The molecule has 0 heterocycles. The Morgan fingerprint density at radius 1 is 1.65 bits per heavy atom. The fraction of sp³-hybridized carbons (Fsp3) is 0.417. The second-order valence-corrected chi connectivity index (χ2v) is 5.33. The summed E-state index contributed by atoms with van der Waals surface area (Å²) in [7, 11) is 1.78. The van der Waals surface area contributed by atoms with Gasteiger partial charge in [0.2, 0.25) is 0 Å².